The van der Waals surface area contributed by atoms with Crippen LogP contribution in [0.5, 0.6) is 0 Å². The van der Waals surface area contributed by atoms with E-state index in [0.29, 0.717) is 36.6 Å². The third kappa shape index (κ3) is 14.3. The minimum atomic E-state index is -0.688. The molecule has 1 fully saturated rings. The third-order valence-corrected chi connectivity index (χ3v) is 12.9. The van der Waals surface area contributed by atoms with E-state index in [1.54, 1.807) is 33.1 Å². The van der Waals surface area contributed by atoms with Gasteiger partial charge in [-0.1, -0.05) is 0 Å². The predicted octanol–water partition coefficient (Wildman–Crippen LogP) is 4.31. The highest BCUT2D eigenvalue weighted by molar-refractivity contribution is 8.01. The number of nitrogens with one attached hydrogen (secondary N) is 2. The van der Waals surface area contributed by atoms with Crippen LogP contribution < -0.4 is 10.6 Å². The van der Waals surface area contributed by atoms with Gasteiger partial charge in [-0.3, -0.25) is 24.2 Å². The number of likely N-dealkylation sites (N-methyl/N-ethyl adjacent to an activating group) is 1. The third-order valence-electron chi connectivity index (χ3n) is 8.73. The Labute approximate surface area is 286 Å². The van der Waals surface area contributed by atoms with E-state index >= 15 is 0 Å². The van der Waals surface area contributed by atoms with Crippen molar-refractivity contribution in [2.75, 3.05) is 72.3 Å². The van der Waals surface area contributed by atoms with Crippen molar-refractivity contribution in [1.82, 2.24) is 20.4 Å². The van der Waals surface area contributed by atoms with Gasteiger partial charge in [-0.25, -0.2) is 0 Å². The number of ether oxygens (including phenoxy) is 3. The largest absolute Gasteiger partial charge is 0.368 e. The van der Waals surface area contributed by atoms with Crippen molar-refractivity contribution in [3.63, 3.8) is 0 Å². The predicted molar refractivity (Wildman–Crippen MR) is 191 cm³/mol. The summed E-state index contributed by atoms with van der Waals surface area (Å²) in [6.45, 7) is 18.4. The Kier molecular flexibility index (Phi) is 18.0. The number of ketones is 2. The Morgan fingerprint density at radius 2 is 1.33 bits per heavy atom. The molecular weight excluding hydrogens is 633 g/mol. The number of nitrogens with zero attached hydrogens (tertiary/aromatic N) is 2. The van der Waals surface area contributed by atoms with E-state index < -0.39 is 32.8 Å². The Morgan fingerprint density at radius 1 is 0.822 bits per heavy atom. The van der Waals surface area contributed by atoms with Gasteiger partial charge in [0.05, 0.1) is 23.7 Å². The molecule has 0 aromatic rings. The molecule has 1 saturated heterocycles. The van der Waals surface area contributed by atoms with Crippen molar-refractivity contribution in [3.05, 3.63) is 0 Å². The molecule has 0 aromatic carbocycles. The second kappa shape index (κ2) is 19.0. The number of Topliss-reactive ketones (excluding diaryl/α,β-unsaturated/α-hetero) is 2. The van der Waals surface area contributed by atoms with Crippen molar-refractivity contribution in [3.8, 4) is 0 Å². The normalized spacial score (nSPS) is 18.5. The molecule has 0 saturated carbocycles. The number of rotatable bonds is 23. The van der Waals surface area contributed by atoms with E-state index in [2.05, 4.69) is 41.3 Å². The first kappa shape index (κ1) is 42.6. The van der Waals surface area contributed by atoms with E-state index in [4.69, 9.17) is 14.2 Å². The SMILES string of the molecule is CNCCCC(=O)[C@H](CSC(C)(C)OC)NC(=O)[C@H](CSC(C)(C)OC)CC(=O)[C@H](CSC(C)(C)OC)N1CCN(C)C1(C)C. The van der Waals surface area contributed by atoms with E-state index in [-0.39, 0.29) is 29.6 Å². The molecule has 45 heavy (non-hydrogen) atoms. The molecule has 1 heterocycles. The molecule has 0 unspecified atom stereocenters. The summed E-state index contributed by atoms with van der Waals surface area (Å²) in [5.74, 6) is 0.358. The maximum Gasteiger partial charge on any atom is 0.225 e. The lowest BCUT2D eigenvalue weighted by Crippen LogP contribution is -2.55. The van der Waals surface area contributed by atoms with Crippen LogP contribution in [0.4, 0.5) is 0 Å². The molecule has 1 aliphatic rings. The molecule has 0 aliphatic carbocycles. The van der Waals surface area contributed by atoms with Crippen LogP contribution in [0.15, 0.2) is 0 Å². The molecule has 1 aliphatic heterocycles. The lowest BCUT2D eigenvalue weighted by atomic mass is 9.97. The number of hydrogen-bond donors (Lipinski definition) is 2. The molecule has 1 rings (SSSR count). The van der Waals surface area contributed by atoms with E-state index in [1.807, 2.05) is 48.6 Å². The van der Waals surface area contributed by atoms with Gasteiger partial charge in [0, 0.05) is 64.5 Å². The summed E-state index contributed by atoms with van der Waals surface area (Å²) in [7, 11) is 8.87. The molecule has 10 nitrogen and oxygen atoms in total. The first-order chi connectivity index (χ1) is 20.8. The first-order valence-electron chi connectivity index (χ1n) is 15.8. The summed E-state index contributed by atoms with van der Waals surface area (Å²) in [4.78, 5) is 44.7. The average Bonchev–Trinajstić information content (AvgIpc) is 3.24. The lowest BCUT2D eigenvalue weighted by molar-refractivity contribution is -0.133. The summed E-state index contributed by atoms with van der Waals surface area (Å²) in [5.41, 5.74) is -0.321. The number of thioether (sulfide) groups is 3. The van der Waals surface area contributed by atoms with Crippen LogP contribution in [-0.2, 0) is 28.6 Å². The van der Waals surface area contributed by atoms with Gasteiger partial charge in [0.15, 0.2) is 11.6 Å². The molecule has 1 amide bonds. The van der Waals surface area contributed by atoms with Crippen LogP contribution in [0.3, 0.4) is 0 Å². The van der Waals surface area contributed by atoms with Gasteiger partial charge in [0.25, 0.3) is 0 Å². The van der Waals surface area contributed by atoms with Crippen molar-refractivity contribution in [2.24, 2.45) is 5.92 Å². The molecule has 13 heteroatoms. The topological polar surface area (TPSA) is 109 Å². The minimum absolute atomic E-state index is 0.0144. The van der Waals surface area contributed by atoms with Crippen molar-refractivity contribution in [2.45, 2.75) is 107 Å². The smallest absolute Gasteiger partial charge is 0.225 e. The fraction of sp³-hybridized carbons (Fsp3) is 0.906. The van der Waals surface area contributed by atoms with Crippen LogP contribution in [0, 0.1) is 5.92 Å². The van der Waals surface area contributed by atoms with Crippen LogP contribution in [0.25, 0.3) is 0 Å². The maximum atomic E-state index is 14.3. The van der Waals surface area contributed by atoms with E-state index in [1.165, 1.54) is 23.5 Å². The summed E-state index contributed by atoms with van der Waals surface area (Å²) in [5, 5.41) is 6.13. The zero-order chi connectivity index (χ0) is 34.6. The van der Waals surface area contributed by atoms with Crippen LogP contribution in [0.2, 0.25) is 0 Å². The highest BCUT2D eigenvalue weighted by atomic mass is 32.2. The molecule has 264 valence electrons. The fourth-order valence-electron chi connectivity index (χ4n) is 4.68. The van der Waals surface area contributed by atoms with Gasteiger partial charge in [0.1, 0.15) is 14.8 Å². The molecule has 0 aromatic heterocycles. The zero-order valence-electron chi connectivity index (χ0n) is 30.2. The maximum absolute atomic E-state index is 14.3. The Balaban J connectivity index is 3.34. The van der Waals surface area contributed by atoms with Crippen molar-refractivity contribution < 1.29 is 28.6 Å². The Morgan fingerprint density at radius 3 is 1.80 bits per heavy atom. The van der Waals surface area contributed by atoms with E-state index in [0.717, 1.165) is 13.1 Å². The number of amides is 1. The number of carbonyl (C=O) groups excluding carboxylic acids is 3. The zero-order valence-corrected chi connectivity index (χ0v) is 32.6. The standard InChI is InChI=1S/C32H62N4O6S3/c1-29(2)35(10)17-18-36(29)25(22-45-32(7,8)42-13)27(38)19-23(20-43-30(3,4)40-11)28(39)34-24(21-44-31(5,6)41-12)26(37)15-14-16-33-9/h23-25,33H,14-22H2,1-13H3,(H,34,39)/t23-,24-,25-/m0/s1. The highest BCUT2D eigenvalue weighted by Crippen LogP contribution is 2.34. The van der Waals surface area contributed by atoms with Gasteiger partial charge >= 0.3 is 0 Å². The van der Waals surface area contributed by atoms with E-state index in [9.17, 15) is 14.4 Å². The molecule has 0 spiro atoms. The molecule has 3 atom stereocenters. The summed E-state index contributed by atoms with van der Waals surface area (Å²) in [6, 6.07) is -1.09. The molecule has 2 N–H and O–H groups in total. The average molecular weight is 695 g/mol. The Bertz CT molecular complexity index is 950. The van der Waals surface area contributed by atoms with Gasteiger partial charge in [-0.15, -0.1) is 35.3 Å². The highest BCUT2D eigenvalue weighted by Gasteiger charge is 2.44. The molecule has 0 bridgehead atoms. The second-order valence-corrected chi connectivity index (χ2v) is 18.3. The van der Waals surface area contributed by atoms with Gasteiger partial charge in [-0.2, -0.15) is 0 Å². The van der Waals surface area contributed by atoms with Gasteiger partial charge in [0.2, 0.25) is 5.91 Å². The van der Waals surface area contributed by atoms with Crippen LogP contribution >= 0.6 is 35.3 Å². The van der Waals surface area contributed by atoms with Crippen molar-refractivity contribution >= 4 is 52.8 Å². The number of hydrogen-bond acceptors (Lipinski definition) is 12. The first-order valence-corrected chi connectivity index (χ1v) is 18.8. The van der Waals surface area contributed by atoms with Crippen molar-refractivity contribution in [1.29, 1.82) is 0 Å². The molecular formula is C32H62N4O6S3. The number of methoxy groups -OCH3 is 3. The molecule has 0 radical (unpaired) electrons. The Hall–Kier alpha value is -0.380. The van der Waals surface area contributed by atoms with Crippen LogP contribution in [-0.4, -0.2) is 132 Å². The summed E-state index contributed by atoms with van der Waals surface area (Å²) in [6.07, 6.45) is 1.09. The lowest BCUT2D eigenvalue weighted by Gasteiger charge is -2.41. The summed E-state index contributed by atoms with van der Waals surface area (Å²) < 4.78 is 16.9. The van der Waals surface area contributed by atoms with Crippen LogP contribution in [0.1, 0.15) is 74.7 Å². The minimum Gasteiger partial charge on any atom is -0.368 e. The quantitative estimate of drug-likeness (QED) is 0.118. The summed E-state index contributed by atoms with van der Waals surface area (Å²) >= 11 is 4.58. The van der Waals surface area contributed by atoms with Gasteiger partial charge in [-0.05, 0) is 82.5 Å². The monoisotopic (exact) mass is 694 g/mol. The second-order valence-electron chi connectivity index (χ2n) is 13.5. The van der Waals surface area contributed by atoms with Gasteiger partial charge < -0.3 is 24.8 Å². The number of carbonyl (C=O) groups is 3. The fourth-order valence-corrected chi connectivity index (χ4v) is 7.67.